The maximum absolute atomic E-state index is 6.19. The molecule has 2 N–H and O–H groups in total. The van der Waals surface area contributed by atoms with E-state index in [9.17, 15) is 0 Å². The number of ether oxygens (including phenoxy) is 1. The molecule has 2 rings (SSSR count). The van der Waals surface area contributed by atoms with Crippen LogP contribution in [0.1, 0.15) is 19.0 Å². The monoisotopic (exact) mass is 306 g/mol. The molecule has 0 aliphatic rings. The van der Waals surface area contributed by atoms with Gasteiger partial charge in [-0.05, 0) is 25.5 Å². The van der Waals surface area contributed by atoms with Gasteiger partial charge in [0.25, 0.3) is 0 Å². The van der Waals surface area contributed by atoms with E-state index in [-0.39, 0.29) is 0 Å². The number of aromatic nitrogens is 2. The molecule has 0 aliphatic carbocycles. The smallest absolute Gasteiger partial charge is 0.224 e. The van der Waals surface area contributed by atoms with Crippen molar-refractivity contribution in [1.82, 2.24) is 9.97 Å². The van der Waals surface area contributed by atoms with E-state index in [1.807, 2.05) is 25.1 Å². The molecule has 112 valence electrons. The molecule has 1 aromatic heterocycles. The number of hydrogen-bond acceptors (Lipinski definition) is 5. The number of hydrogen-bond donors (Lipinski definition) is 2. The molecule has 0 amide bonds. The molecule has 0 unspecified atom stereocenters. The minimum absolute atomic E-state index is 0.607. The molecular formula is C15H19ClN4O. The average molecular weight is 307 g/mol. The van der Waals surface area contributed by atoms with Crippen LogP contribution in [0, 0.1) is 6.92 Å². The molecule has 0 bridgehead atoms. The topological polar surface area (TPSA) is 59.1 Å². The first-order valence-corrected chi connectivity index (χ1v) is 7.20. The van der Waals surface area contributed by atoms with Crippen molar-refractivity contribution in [2.75, 3.05) is 24.3 Å². The largest absolute Gasteiger partial charge is 0.497 e. The van der Waals surface area contributed by atoms with Crippen LogP contribution in [0.15, 0.2) is 24.3 Å². The van der Waals surface area contributed by atoms with Crippen molar-refractivity contribution in [3.8, 4) is 5.75 Å². The first kappa shape index (κ1) is 15.4. The van der Waals surface area contributed by atoms with Gasteiger partial charge in [0.05, 0.1) is 17.8 Å². The van der Waals surface area contributed by atoms with E-state index in [0.717, 1.165) is 30.1 Å². The zero-order chi connectivity index (χ0) is 15.2. The van der Waals surface area contributed by atoms with Gasteiger partial charge in [-0.3, -0.25) is 0 Å². The number of aryl methyl sites for hydroxylation is 1. The summed E-state index contributed by atoms with van der Waals surface area (Å²) in [5.41, 5.74) is 1.63. The van der Waals surface area contributed by atoms with E-state index in [2.05, 4.69) is 27.5 Å². The molecule has 5 nitrogen and oxygen atoms in total. The number of anilines is 3. The SMILES string of the molecule is CCCNc1nc(C)cc(Nc2cc(OC)ccc2Cl)n1. The van der Waals surface area contributed by atoms with E-state index in [1.54, 1.807) is 13.2 Å². The molecule has 2 aromatic rings. The second-order valence-electron chi connectivity index (χ2n) is 4.62. The Morgan fingerprint density at radius 1 is 1.24 bits per heavy atom. The number of rotatable bonds is 6. The van der Waals surface area contributed by atoms with Gasteiger partial charge >= 0.3 is 0 Å². The lowest BCUT2D eigenvalue weighted by atomic mass is 10.3. The summed E-state index contributed by atoms with van der Waals surface area (Å²) in [5, 5.41) is 6.99. The van der Waals surface area contributed by atoms with E-state index < -0.39 is 0 Å². The zero-order valence-corrected chi connectivity index (χ0v) is 13.2. The highest BCUT2D eigenvalue weighted by atomic mass is 35.5. The average Bonchev–Trinajstić information content (AvgIpc) is 2.47. The number of methoxy groups -OCH3 is 1. The fraction of sp³-hybridized carbons (Fsp3) is 0.333. The molecule has 0 saturated carbocycles. The van der Waals surface area contributed by atoms with Crippen LogP contribution >= 0.6 is 11.6 Å². The van der Waals surface area contributed by atoms with Gasteiger partial charge < -0.3 is 15.4 Å². The minimum Gasteiger partial charge on any atom is -0.497 e. The third-order valence-electron chi connectivity index (χ3n) is 2.82. The van der Waals surface area contributed by atoms with Crippen LogP contribution in [0.4, 0.5) is 17.5 Å². The summed E-state index contributed by atoms with van der Waals surface area (Å²) in [6.07, 6.45) is 1.02. The number of halogens is 1. The van der Waals surface area contributed by atoms with Crippen molar-refractivity contribution in [1.29, 1.82) is 0 Å². The van der Waals surface area contributed by atoms with Crippen LogP contribution in [0.5, 0.6) is 5.75 Å². The van der Waals surface area contributed by atoms with Gasteiger partial charge in [-0.2, -0.15) is 4.98 Å². The Hall–Kier alpha value is -2.01. The fourth-order valence-electron chi connectivity index (χ4n) is 1.81. The van der Waals surface area contributed by atoms with E-state index in [1.165, 1.54) is 0 Å². The Bertz CT molecular complexity index is 619. The number of benzene rings is 1. The van der Waals surface area contributed by atoms with Gasteiger partial charge in [-0.1, -0.05) is 18.5 Å². The Labute approximate surface area is 129 Å². The van der Waals surface area contributed by atoms with Crippen molar-refractivity contribution in [2.24, 2.45) is 0 Å². The maximum Gasteiger partial charge on any atom is 0.224 e. The Morgan fingerprint density at radius 3 is 2.76 bits per heavy atom. The summed E-state index contributed by atoms with van der Waals surface area (Å²) in [4.78, 5) is 8.78. The summed E-state index contributed by atoms with van der Waals surface area (Å²) in [6, 6.07) is 7.30. The van der Waals surface area contributed by atoms with Crippen LogP contribution in [-0.2, 0) is 0 Å². The van der Waals surface area contributed by atoms with Gasteiger partial charge in [0.15, 0.2) is 0 Å². The summed E-state index contributed by atoms with van der Waals surface area (Å²) >= 11 is 6.19. The molecular weight excluding hydrogens is 288 g/mol. The number of nitrogens with one attached hydrogen (secondary N) is 2. The molecule has 0 spiro atoms. The van der Waals surface area contributed by atoms with E-state index in [0.29, 0.717) is 16.8 Å². The Balaban J connectivity index is 2.24. The third-order valence-corrected chi connectivity index (χ3v) is 3.15. The van der Waals surface area contributed by atoms with Gasteiger partial charge in [0, 0.05) is 24.4 Å². The predicted molar refractivity (Wildman–Crippen MR) is 86.8 cm³/mol. The van der Waals surface area contributed by atoms with E-state index in [4.69, 9.17) is 16.3 Å². The Morgan fingerprint density at radius 2 is 2.05 bits per heavy atom. The fourth-order valence-corrected chi connectivity index (χ4v) is 1.98. The summed E-state index contributed by atoms with van der Waals surface area (Å²) in [5.74, 6) is 2.03. The molecule has 0 fully saturated rings. The van der Waals surface area contributed by atoms with Crippen molar-refractivity contribution in [3.05, 3.63) is 35.0 Å². The summed E-state index contributed by atoms with van der Waals surface area (Å²) in [6.45, 7) is 4.86. The molecule has 0 saturated heterocycles. The lowest BCUT2D eigenvalue weighted by molar-refractivity contribution is 0.415. The highest BCUT2D eigenvalue weighted by Crippen LogP contribution is 2.29. The minimum atomic E-state index is 0.607. The number of nitrogens with zero attached hydrogens (tertiary/aromatic N) is 2. The predicted octanol–water partition coefficient (Wildman–Crippen LogP) is 4.01. The van der Waals surface area contributed by atoms with Crippen LogP contribution in [-0.4, -0.2) is 23.6 Å². The van der Waals surface area contributed by atoms with Crippen LogP contribution < -0.4 is 15.4 Å². The second kappa shape index (κ2) is 7.13. The maximum atomic E-state index is 6.19. The quantitative estimate of drug-likeness (QED) is 0.844. The molecule has 0 radical (unpaired) electrons. The van der Waals surface area contributed by atoms with Crippen molar-refractivity contribution < 1.29 is 4.74 Å². The van der Waals surface area contributed by atoms with Gasteiger partial charge in [0.1, 0.15) is 11.6 Å². The van der Waals surface area contributed by atoms with Gasteiger partial charge in [-0.15, -0.1) is 0 Å². The van der Waals surface area contributed by atoms with Crippen molar-refractivity contribution in [2.45, 2.75) is 20.3 Å². The molecule has 6 heteroatoms. The molecule has 21 heavy (non-hydrogen) atoms. The van der Waals surface area contributed by atoms with E-state index >= 15 is 0 Å². The lowest BCUT2D eigenvalue weighted by Gasteiger charge is -2.11. The molecule has 0 aliphatic heterocycles. The highest BCUT2D eigenvalue weighted by molar-refractivity contribution is 6.33. The summed E-state index contributed by atoms with van der Waals surface area (Å²) < 4.78 is 5.20. The zero-order valence-electron chi connectivity index (χ0n) is 12.4. The van der Waals surface area contributed by atoms with Crippen molar-refractivity contribution in [3.63, 3.8) is 0 Å². The van der Waals surface area contributed by atoms with Gasteiger partial charge in [-0.25, -0.2) is 4.98 Å². The Kier molecular flexibility index (Phi) is 5.22. The lowest BCUT2D eigenvalue weighted by Crippen LogP contribution is -2.07. The van der Waals surface area contributed by atoms with Crippen LogP contribution in [0.2, 0.25) is 5.02 Å². The first-order chi connectivity index (χ1) is 10.1. The second-order valence-corrected chi connectivity index (χ2v) is 5.02. The van der Waals surface area contributed by atoms with Crippen LogP contribution in [0.25, 0.3) is 0 Å². The van der Waals surface area contributed by atoms with Crippen molar-refractivity contribution >= 4 is 29.1 Å². The molecule has 1 aromatic carbocycles. The molecule has 1 heterocycles. The van der Waals surface area contributed by atoms with Crippen LogP contribution in [0.3, 0.4) is 0 Å². The van der Waals surface area contributed by atoms with Gasteiger partial charge in [0.2, 0.25) is 5.95 Å². The molecule has 0 atom stereocenters. The summed E-state index contributed by atoms with van der Waals surface area (Å²) in [7, 11) is 1.62. The standard InChI is InChI=1S/C15H19ClN4O/c1-4-7-17-15-18-10(2)8-14(20-15)19-13-9-11(21-3)5-6-12(13)16/h5-6,8-9H,4,7H2,1-3H3,(H2,17,18,19,20). The first-order valence-electron chi connectivity index (χ1n) is 6.82. The third kappa shape index (κ3) is 4.23. The normalized spacial score (nSPS) is 10.3. The highest BCUT2D eigenvalue weighted by Gasteiger charge is 2.06.